The molecule has 0 aliphatic rings. The van der Waals surface area contributed by atoms with Gasteiger partial charge in [-0.1, -0.05) is 31.0 Å². The third-order valence-corrected chi connectivity index (χ3v) is 3.63. The van der Waals surface area contributed by atoms with Crippen molar-refractivity contribution >= 4 is 11.9 Å². The zero-order chi connectivity index (χ0) is 17.8. The smallest absolute Gasteiger partial charge is 0.320 e. The highest BCUT2D eigenvalue weighted by Crippen LogP contribution is 2.18. The SMILES string of the molecule is CCOC(=O)C(CCCCCOc1ccccc1C)C(=O)OCC. The van der Waals surface area contributed by atoms with E-state index in [-0.39, 0.29) is 13.2 Å². The number of carbonyl (C=O) groups is 2. The van der Waals surface area contributed by atoms with E-state index in [1.807, 2.05) is 31.2 Å². The summed E-state index contributed by atoms with van der Waals surface area (Å²) in [5.74, 6) is -0.908. The van der Waals surface area contributed by atoms with Crippen LogP contribution in [0.4, 0.5) is 0 Å². The van der Waals surface area contributed by atoms with Crippen molar-refractivity contribution < 1.29 is 23.8 Å². The number of para-hydroxylation sites is 1. The summed E-state index contributed by atoms with van der Waals surface area (Å²) in [4.78, 5) is 23.7. The number of benzene rings is 1. The van der Waals surface area contributed by atoms with Gasteiger partial charge in [-0.2, -0.15) is 0 Å². The van der Waals surface area contributed by atoms with Gasteiger partial charge in [0.15, 0.2) is 5.92 Å². The Morgan fingerprint density at radius 3 is 2.17 bits per heavy atom. The molecule has 5 nitrogen and oxygen atoms in total. The lowest BCUT2D eigenvalue weighted by Gasteiger charge is -2.14. The molecule has 0 N–H and O–H groups in total. The Balaban J connectivity index is 2.30. The van der Waals surface area contributed by atoms with E-state index in [0.717, 1.165) is 30.6 Å². The number of hydrogen-bond donors (Lipinski definition) is 0. The predicted octanol–water partition coefficient (Wildman–Crippen LogP) is 3.68. The van der Waals surface area contributed by atoms with Crippen molar-refractivity contribution in [2.75, 3.05) is 19.8 Å². The molecule has 134 valence electrons. The molecule has 0 fully saturated rings. The van der Waals surface area contributed by atoms with Gasteiger partial charge in [0, 0.05) is 0 Å². The van der Waals surface area contributed by atoms with Crippen LogP contribution in [0.2, 0.25) is 0 Å². The van der Waals surface area contributed by atoms with Crippen LogP contribution in [0.25, 0.3) is 0 Å². The molecule has 0 radical (unpaired) electrons. The van der Waals surface area contributed by atoms with E-state index in [9.17, 15) is 9.59 Å². The molecule has 0 heterocycles. The Bertz CT molecular complexity index is 494. The second-order valence-electron chi connectivity index (χ2n) is 5.52. The Hall–Kier alpha value is -2.04. The lowest BCUT2D eigenvalue weighted by Crippen LogP contribution is -2.28. The fourth-order valence-electron chi connectivity index (χ4n) is 2.35. The molecule has 0 aliphatic carbocycles. The highest BCUT2D eigenvalue weighted by atomic mass is 16.6. The van der Waals surface area contributed by atoms with Crippen molar-refractivity contribution in [1.29, 1.82) is 0 Å². The van der Waals surface area contributed by atoms with Gasteiger partial charge >= 0.3 is 11.9 Å². The maximum absolute atomic E-state index is 11.9. The molecule has 5 heteroatoms. The Kier molecular flexibility index (Phi) is 9.58. The van der Waals surface area contributed by atoms with E-state index < -0.39 is 17.9 Å². The first-order valence-electron chi connectivity index (χ1n) is 8.61. The number of aryl methyl sites for hydroxylation is 1. The van der Waals surface area contributed by atoms with Gasteiger partial charge < -0.3 is 14.2 Å². The molecule has 1 aromatic rings. The molecule has 24 heavy (non-hydrogen) atoms. The summed E-state index contributed by atoms with van der Waals surface area (Å²) in [7, 11) is 0. The van der Waals surface area contributed by atoms with E-state index in [1.165, 1.54) is 0 Å². The molecule has 0 spiro atoms. The van der Waals surface area contributed by atoms with Crippen molar-refractivity contribution in [2.45, 2.75) is 46.5 Å². The molecule has 1 rings (SSSR count). The molecule has 0 bridgehead atoms. The largest absolute Gasteiger partial charge is 0.493 e. The minimum Gasteiger partial charge on any atom is -0.493 e. The van der Waals surface area contributed by atoms with Crippen LogP contribution >= 0.6 is 0 Å². The maximum atomic E-state index is 11.9. The summed E-state index contributed by atoms with van der Waals surface area (Å²) in [6.07, 6.45) is 2.94. The normalized spacial score (nSPS) is 10.5. The van der Waals surface area contributed by atoms with Gasteiger partial charge in [-0.25, -0.2) is 0 Å². The zero-order valence-corrected chi connectivity index (χ0v) is 14.9. The number of carbonyl (C=O) groups excluding carboxylic acids is 2. The van der Waals surface area contributed by atoms with E-state index in [2.05, 4.69) is 0 Å². The molecular formula is C19H28O5. The minimum atomic E-state index is -0.817. The number of unbranched alkanes of at least 4 members (excludes halogenated alkanes) is 2. The fraction of sp³-hybridized carbons (Fsp3) is 0.579. The third-order valence-electron chi connectivity index (χ3n) is 3.63. The lowest BCUT2D eigenvalue weighted by atomic mass is 10.0. The van der Waals surface area contributed by atoms with Crippen LogP contribution in [0.1, 0.15) is 45.1 Å². The Morgan fingerprint density at radius 1 is 0.958 bits per heavy atom. The van der Waals surface area contributed by atoms with Crippen molar-refractivity contribution in [3.05, 3.63) is 29.8 Å². The number of esters is 2. The molecule has 0 aromatic heterocycles. The van der Waals surface area contributed by atoms with Gasteiger partial charge in [-0.3, -0.25) is 9.59 Å². The minimum absolute atomic E-state index is 0.263. The van der Waals surface area contributed by atoms with Crippen LogP contribution in [0, 0.1) is 12.8 Å². The highest BCUT2D eigenvalue weighted by Gasteiger charge is 2.28. The fourth-order valence-corrected chi connectivity index (χ4v) is 2.35. The van der Waals surface area contributed by atoms with Crippen LogP contribution in [-0.2, 0) is 19.1 Å². The Labute approximate surface area is 144 Å². The van der Waals surface area contributed by atoms with Gasteiger partial charge in [0.05, 0.1) is 19.8 Å². The first-order valence-corrected chi connectivity index (χ1v) is 8.61. The highest BCUT2D eigenvalue weighted by molar-refractivity contribution is 5.94. The quantitative estimate of drug-likeness (QED) is 0.350. The van der Waals surface area contributed by atoms with Gasteiger partial charge in [0.2, 0.25) is 0 Å². The molecule has 0 unspecified atom stereocenters. The standard InChI is InChI=1S/C19H28O5/c1-4-22-18(20)16(19(21)23-5-2)12-7-6-10-14-24-17-13-9-8-11-15(17)3/h8-9,11,13,16H,4-7,10,12,14H2,1-3H3. The molecular weight excluding hydrogens is 308 g/mol. The number of rotatable bonds is 11. The summed E-state index contributed by atoms with van der Waals surface area (Å²) in [6, 6.07) is 7.89. The first kappa shape index (κ1) is 20.0. The molecule has 0 atom stereocenters. The molecule has 0 aliphatic heterocycles. The molecule has 0 saturated carbocycles. The van der Waals surface area contributed by atoms with Crippen molar-refractivity contribution in [3.63, 3.8) is 0 Å². The molecule has 0 saturated heterocycles. The first-order chi connectivity index (χ1) is 11.6. The summed E-state index contributed by atoms with van der Waals surface area (Å²) in [5.41, 5.74) is 1.11. The zero-order valence-electron chi connectivity index (χ0n) is 14.9. The second kappa shape index (κ2) is 11.5. The monoisotopic (exact) mass is 336 g/mol. The number of hydrogen-bond acceptors (Lipinski definition) is 5. The van der Waals surface area contributed by atoms with Crippen LogP contribution in [-0.4, -0.2) is 31.8 Å². The summed E-state index contributed by atoms with van der Waals surface area (Å²) < 4.78 is 15.6. The predicted molar refractivity (Wildman–Crippen MR) is 91.9 cm³/mol. The number of ether oxygens (including phenoxy) is 3. The van der Waals surface area contributed by atoms with E-state index >= 15 is 0 Å². The summed E-state index contributed by atoms with van der Waals surface area (Å²) >= 11 is 0. The van der Waals surface area contributed by atoms with E-state index in [1.54, 1.807) is 13.8 Å². The average Bonchev–Trinajstić information content (AvgIpc) is 2.56. The van der Waals surface area contributed by atoms with Crippen LogP contribution in [0.5, 0.6) is 5.75 Å². The van der Waals surface area contributed by atoms with Crippen LogP contribution < -0.4 is 4.74 Å². The van der Waals surface area contributed by atoms with Crippen LogP contribution in [0.15, 0.2) is 24.3 Å². The van der Waals surface area contributed by atoms with Gasteiger partial charge in [-0.05, 0) is 45.2 Å². The topological polar surface area (TPSA) is 61.8 Å². The van der Waals surface area contributed by atoms with Crippen molar-refractivity contribution in [3.8, 4) is 5.75 Å². The molecule has 1 aromatic carbocycles. The summed E-state index contributed by atoms with van der Waals surface area (Å²) in [6.45, 7) is 6.61. The van der Waals surface area contributed by atoms with E-state index in [0.29, 0.717) is 13.0 Å². The average molecular weight is 336 g/mol. The summed E-state index contributed by atoms with van der Waals surface area (Å²) in [5, 5.41) is 0. The van der Waals surface area contributed by atoms with Gasteiger partial charge in [-0.15, -0.1) is 0 Å². The molecule has 0 amide bonds. The lowest BCUT2D eigenvalue weighted by molar-refractivity contribution is -0.161. The second-order valence-corrected chi connectivity index (χ2v) is 5.52. The van der Waals surface area contributed by atoms with Crippen molar-refractivity contribution in [1.82, 2.24) is 0 Å². The van der Waals surface area contributed by atoms with Crippen molar-refractivity contribution in [2.24, 2.45) is 5.92 Å². The van der Waals surface area contributed by atoms with Gasteiger partial charge in [0.1, 0.15) is 5.75 Å². The van der Waals surface area contributed by atoms with Crippen LogP contribution in [0.3, 0.4) is 0 Å². The third kappa shape index (κ3) is 7.02. The van der Waals surface area contributed by atoms with Gasteiger partial charge in [0.25, 0.3) is 0 Å². The maximum Gasteiger partial charge on any atom is 0.320 e. The van der Waals surface area contributed by atoms with E-state index in [4.69, 9.17) is 14.2 Å². The Morgan fingerprint density at radius 2 is 1.58 bits per heavy atom.